The van der Waals surface area contributed by atoms with E-state index in [9.17, 15) is 9.59 Å². The number of hydrogen-bond donors (Lipinski definition) is 1. The molecule has 0 aromatic heterocycles. The van der Waals surface area contributed by atoms with Gasteiger partial charge in [0.15, 0.2) is 0 Å². The van der Waals surface area contributed by atoms with Crippen molar-refractivity contribution in [3.63, 3.8) is 0 Å². The van der Waals surface area contributed by atoms with E-state index in [1.807, 2.05) is 18.2 Å². The fourth-order valence-electron chi connectivity index (χ4n) is 3.40. The SMILES string of the molecule is O=C(CC1OC(=O)c2ccccc21)Nc1ccc2c(c1)CCC2. The van der Waals surface area contributed by atoms with Crippen LogP contribution in [-0.2, 0) is 22.4 Å². The highest BCUT2D eigenvalue weighted by Crippen LogP contribution is 2.33. The average molecular weight is 307 g/mol. The third kappa shape index (κ3) is 2.61. The number of amides is 1. The molecule has 1 atom stereocenters. The number of aryl methyl sites for hydroxylation is 2. The lowest BCUT2D eigenvalue weighted by Crippen LogP contribution is -2.16. The van der Waals surface area contributed by atoms with E-state index in [1.54, 1.807) is 12.1 Å². The zero-order chi connectivity index (χ0) is 15.8. The first-order valence-electron chi connectivity index (χ1n) is 7.92. The second-order valence-corrected chi connectivity index (χ2v) is 6.07. The van der Waals surface area contributed by atoms with Crippen LogP contribution in [0, 0.1) is 0 Å². The summed E-state index contributed by atoms with van der Waals surface area (Å²) in [6.07, 6.45) is 3.03. The molecular formula is C19H17NO3. The zero-order valence-corrected chi connectivity index (χ0v) is 12.7. The molecule has 4 nitrogen and oxygen atoms in total. The maximum absolute atomic E-state index is 12.3. The Hall–Kier alpha value is -2.62. The third-order valence-corrected chi connectivity index (χ3v) is 4.53. The van der Waals surface area contributed by atoms with Crippen molar-refractivity contribution in [1.82, 2.24) is 0 Å². The Morgan fingerprint density at radius 3 is 2.87 bits per heavy atom. The van der Waals surface area contributed by atoms with Gasteiger partial charge in [0.2, 0.25) is 5.91 Å². The molecule has 2 aromatic rings. The van der Waals surface area contributed by atoms with Crippen LogP contribution in [0.1, 0.15) is 46.0 Å². The van der Waals surface area contributed by atoms with Crippen molar-refractivity contribution >= 4 is 17.6 Å². The van der Waals surface area contributed by atoms with E-state index in [2.05, 4.69) is 17.4 Å². The third-order valence-electron chi connectivity index (χ3n) is 4.53. The molecule has 23 heavy (non-hydrogen) atoms. The summed E-state index contributed by atoms with van der Waals surface area (Å²) in [5.74, 6) is -0.492. The van der Waals surface area contributed by atoms with Gasteiger partial charge in [0.1, 0.15) is 6.10 Å². The molecule has 0 saturated heterocycles. The Labute approximate surface area is 134 Å². The number of cyclic esters (lactones) is 1. The molecule has 1 N–H and O–H groups in total. The molecule has 1 amide bonds. The van der Waals surface area contributed by atoms with E-state index < -0.39 is 6.10 Å². The molecule has 1 heterocycles. The molecule has 4 rings (SSSR count). The molecule has 1 aliphatic heterocycles. The fraction of sp³-hybridized carbons (Fsp3) is 0.263. The lowest BCUT2D eigenvalue weighted by atomic mass is 10.0. The van der Waals surface area contributed by atoms with Crippen LogP contribution in [0.3, 0.4) is 0 Å². The van der Waals surface area contributed by atoms with Gasteiger partial charge >= 0.3 is 5.97 Å². The van der Waals surface area contributed by atoms with Gasteiger partial charge in [0, 0.05) is 11.3 Å². The highest BCUT2D eigenvalue weighted by atomic mass is 16.5. The van der Waals surface area contributed by atoms with E-state index >= 15 is 0 Å². The number of benzene rings is 2. The number of carbonyl (C=O) groups excluding carboxylic acids is 2. The van der Waals surface area contributed by atoms with Crippen LogP contribution < -0.4 is 5.32 Å². The van der Waals surface area contributed by atoms with Crippen LogP contribution in [0.2, 0.25) is 0 Å². The normalized spacial score (nSPS) is 18.3. The van der Waals surface area contributed by atoms with Crippen molar-refractivity contribution in [3.05, 3.63) is 64.7 Å². The summed E-state index contributed by atoms with van der Waals surface area (Å²) in [6.45, 7) is 0. The summed E-state index contributed by atoms with van der Waals surface area (Å²) in [5.41, 5.74) is 4.86. The predicted molar refractivity (Wildman–Crippen MR) is 86.3 cm³/mol. The van der Waals surface area contributed by atoms with Crippen LogP contribution in [0.5, 0.6) is 0 Å². The summed E-state index contributed by atoms with van der Waals surface area (Å²) in [5, 5.41) is 2.91. The molecule has 1 aliphatic carbocycles. The van der Waals surface area contributed by atoms with E-state index in [-0.39, 0.29) is 18.3 Å². The summed E-state index contributed by atoms with van der Waals surface area (Å²) >= 11 is 0. The smallest absolute Gasteiger partial charge is 0.339 e. The molecular weight excluding hydrogens is 290 g/mol. The van der Waals surface area contributed by atoms with Gasteiger partial charge in [-0.2, -0.15) is 0 Å². The molecule has 0 bridgehead atoms. The Morgan fingerprint density at radius 1 is 1.13 bits per heavy atom. The van der Waals surface area contributed by atoms with Crippen LogP contribution in [-0.4, -0.2) is 11.9 Å². The quantitative estimate of drug-likeness (QED) is 0.884. The molecule has 1 unspecified atom stereocenters. The van der Waals surface area contributed by atoms with E-state index in [1.165, 1.54) is 17.5 Å². The van der Waals surface area contributed by atoms with E-state index in [0.29, 0.717) is 5.56 Å². The molecule has 0 saturated carbocycles. The van der Waals surface area contributed by atoms with Crippen molar-refractivity contribution in [2.45, 2.75) is 31.8 Å². The monoisotopic (exact) mass is 307 g/mol. The minimum Gasteiger partial charge on any atom is -0.453 e. The van der Waals surface area contributed by atoms with Crippen LogP contribution in [0.25, 0.3) is 0 Å². The molecule has 4 heteroatoms. The fourth-order valence-corrected chi connectivity index (χ4v) is 3.40. The number of esters is 1. The Bertz CT molecular complexity index is 797. The van der Waals surface area contributed by atoms with Gasteiger partial charge in [-0.25, -0.2) is 4.79 Å². The maximum atomic E-state index is 12.3. The number of ether oxygens (including phenoxy) is 1. The molecule has 0 fully saturated rings. The standard InChI is InChI=1S/C19H17NO3/c21-18(20-14-9-8-12-4-3-5-13(12)10-14)11-17-15-6-1-2-7-16(15)19(22)23-17/h1-2,6-10,17H,3-5,11H2,(H,20,21). The first-order valence-corrected chi connectivity index (χ1v) is 7.92. The second-order valence-electron chi connectivity index (χ2n) is 6.07. The highest BCUT2D eigenvalue weighted by Gasteiger charge is 2.32. The Balaban J connectivity index is 1.46. The lowest BCUT2D eigenvalue weighted by molar-refractivity contribution is -0.118. The number of carbonyl (C=O) groups is 2. The zero-order valence-electron chi connectivity index (χ0n) is 12.7. The van der Waals surface area contributed by atoms with Gasteiger partial charge in [-0.1, -0.05) is 24.3 Å². The average Bonchev–Trinajstić information content (AvgIpc) is 3.12. The van der Waals surface area contributed by atoms with Gasteiger partial charge in [-0.15, -0.1) is 0 Å². The lowest BCUT2D eigenvalue weighted by Gasteiger charge is -2.12. The van der Waals surface area contributed by atoms with Crippen molar-refractivity contribution in [1.29, 1.82) is 0 Å². The maximum Gasteiger partial charge on any atom is 0.339 e. The van der Waals surface area contributed by atoms with E-state index in [0.717, 1.165) is 24.1 Å². The first kappa shape index (κ1) is 14.0. The van der Waals surface area contributed by atoms with Gasteiger partial charge in [-0.3, -0.25) is 4.79 Å². The number of rotatable bonds is 3. The molecule has 2 aromatic carbocycles. The van der Waals surface area contributed by atoms with Gasteiger partial charge in [0.25, 0.3) is 0 Å². The van der Waals surface area contributed by atoms with Crippen LogP contribution in [0.4, 0.5) is 5.69 Å². The van der Waals surface area contributed by atoms with Crippen LogP contribution >= 0.6 is 0 Å². The summed E-state index contributed by atoms with van der Waals surface area (Å²) in [4.78, 5) is 24.1. The summed E-state index contributed by atoms with van der Waals surface area (Å²) in [7, 11) is 0. The van der Waals surface area contributed by atoms with Crippen molar-refractivity contribution in [3.8, 4) is 0 Å². The number of hydrogen-bond acceptors (Lipinski definition) is 3. The van der Waals surface area contributed by atoms with Crippen molar-refractivity contribution in [2.75, 3.05) is 5.32 Å². The Kier molecular flexibility index (Phi) is 3.37. The highest BCUT2D eigenvalue weighted by molar-refractivity contribution is 5.96. The molecule has 0 radical (unpaired) electrons. The minimum atomic E-state index is -0.492. The Morgan fingerprint density at radius 2 is 1.96 bits per heavy atom. The van der Waals surface area contributed by atoms with E-state index in [4.69, 9.17) is 4.74 Å². The molecule has 116 valence electrons. The minimum absolute atomic E-state index is 0.139. The van der Waals surface area contributed by atoms with Gasteiger partial charge in [0.05, 0.1) is 12.0 Å². The second kappa shape index (κ2) is 5.54. The summed E-state index contributed by atoms with van der Waals surface area (Å²) in [6, 6.07) is 13.3. The summed E-state index contributed by atoms with van der Waals surface area (Å²) < 4.78 is 5.31. The topological polar surface area (TPSA) is 55.4 Å². The predicted octanol–water partition coefficient (Wildman–Crippen LogP) is 3.42. The number of nitrogens with one attached hydrogen (secondary N) is 1. The first-order chi connectivity index (χ1) is 11.2. The van der Waals surface area contributed by atoms with Gasteiger partial charge < -0.3 is 10.1 Å². The number of fused-ring (bicyclic) bond motifs is 2. The van der Waals surface area contributed by atoms with Gasteiger partial charge in [-0.05, 0) is 48.6 Å². The number of anilines is 1. The largest absolute Gasteiger partial charge is 0.453 e. The molecule has 0 spiro atoms. The van der Waals surface area contributed by atoms with Crippen molar-refractivity contribution in [2.24, 2.45) is 0 Å². The van der Waals surface area contributed by atoms with Crippen LogP contribution in [0.15, 0.2) is 42.5 Å². The molecule has 2 aliphatic rings. The van der Waals surface area contributed by atoms with Crippen molar-refractivity contribution < 1.29 is 14.3 Å².